The van der Waals surface area contributed by atoms with E-state index in [0.29, 0.717) is 0 Å². The van der Waals surface area contributed by atoms with Crippen LogP contribution in [0, 0.1) is 5.82 Å². The molecule has 130 valence electrons. The standard InChI is InChI=1S/C21H24FN3/c1-4-19-20(16-8-6-5-7-9-16)23-21(25(19)15-14-24(2)3)17-10-12-18(22)13-11-17/h5-13H,4,14-15H2,1-3H3. The van der Waals surface area contributed by atoms with E-state index in [0.717, 1.165) is 42.2 Å². The van der Waals surface area contributed by atoms with Crippen molar-refractivity contribution in [3.63, 3.8) is 0 Å². The van der Waals surface area contributed by atoms with E-state index in [4.69, 9.17) is 4.98 Å². The Kier molecular flexibility index (Phi) is 5.29. The maximum absolute atomic E-state index is 13.3. The van der Waals surface area contributed by atoms with Crippen molar-refractivity contribution in [2.75, 3.05) is 20.6 Å². The van der Waals surface area contributed by atoms with Gasteiger partial charge in [-0.25, -0.2) is 9.37 Å². The lowest BCUT2D eigenvalue weighted by Gasteiger charge is -2.15. The second kappa shape index (κ2) is 7.62. The van der Waals surface area contributed by atoms with E-state index in [1.165, 1.54) is 17.8 Å². The molecule has 0 saturated heterocycles. The molecular formula is C21H24FN3. The molecule has 3 rings (SSSR count). The molecule has 0 aliphatic heterocycles. The van der Waals surface area contributed by atoms with Gasteiger partial charge in [0.2, 0.25) is 0 Å². The lowest BCUT2D eigenvalue weighted by atomic mass is 10.1. The summed E-state index contributed by atoms with van der Waals surface area (Å²) in [4.78, 5) is 7.11. The van der Waals surface area contributed by atoms with Crippen LogP contribution in [0.5, 0.6) is 0 Å². The molecule has 0 fully saturated rings. The number of rotatable bonds is 6. The Balaban J connectivity index is 2.14. The topological polar surface area (TPSA) is 21.1 Å². The monoisotopic (exact) mass is 337 g/mol. The highest BCUT2D eigenvalue weighted by atomic mass is 19.1. The van der Waals surface area contributed by atoms with Crippen molar-refractivity contribution in [3.05, 3.63) is 66.1 Å². The first-order chi connectivity index (χ1) is 12.1. The van der Waals surface area contributed by atoms with Crippen molar-refractivity contribution in [1.82, 2.24) is 14.5 Å². The van der Waals surface area contributed by atoms with Gasteiger partial charge in [0, 0.05) is 29.9 Å². The molecule has 0 aliphatic rings. The molecular weight excluding hydrogens is 313 g/mol. The van der Waals surface area contributed by atoms with Gasteiger partial charge >= 0.3 is 0 Å². The van der Waals surface area contributed by atoms with Crippen LogP contribution in [0.1, 0.15) is 12.6 Å². The summed E-state index contributed by atoms with van der Waals surface area (Å²) in [5.74, 6) is 0.673. The summed E-state index contributed by atoms with van der Waals surface area (Å²) in [6, 6.07) is 16.9. The maximum Gasteiger partial charge on any atom is 0.140 e. The Morgan fingerprint density at radius 3 is 2.24 bits per heavy atom. The van der Waals surface area contributed by atoms with Gasteiger partial charge in [-0.3, -0.25) is 0 Å². The van der Waals surface area contributed by atoms with E-state index in [9.17, 15) is 4.39 Å². The number of benzene rings is 2. The fourth-order valence-corrected chi connectivity index (χ4v) is 3.03. The van der Waals surface area contributed by atoms with E-state index in [1.54, 1.807) is 12.1 Å². The largest absolute Gasteiger partial charge is 0.326 e. The first kappa shape index (κ1) is 17.4. The molecule has 0 N–H and O–H groups in total. The summed E-state index contributed by atoms with van der Waals surface area (Å²) in [6.07, 6.45) is 0.895. The summed E-state index contributed by atoms with van der Waals surface area (Å²) in [5, 5.41) is 0. The summed E-state index contributed by atoms with van der Waals surface area (Å²) in [5.41, 5.74) is 4.29. The molecule has 25 heavy (non-hydrogen) atoms. The van der Waals surface area contributed by atoms with Crippen molar-refractivity contribution >= 4 is 0 Å². The number of hydrogen-bond donors (Lipinski definition) is 0. The third kappa shape index (κ3) is 3.80. The van der Waals surface area contributed by atoms with Crippen molar-refractivity contribution in [2.24, 2.45) is 0 Å². The van der Waals surface area contributed by atoms with Crippen LogP contribution in [0.3, 0.4) is 0 Å². The Morgan fingerprint density at radius 2 is 1.64 bits per heavy atom. The average Bonchev–Trinajstić information content (AvgIpc) is 3.00. The van der Waals surface area contributed by atoms with Crippen LogP contribution >= 0.6 is 0 Å². The minimum atomic E-state index is -0.228. The van der Waals surface area contributed by atoms with Crippen molar-refractivity contribution in [1.29, 1.82) is 0 Å². The van der Waals surface area contributed by atoms with Crippen LogP contribution in [0.25, 0.3) is 22.6 Å². The molecule has 0 atom stereocenters. The first-order valence-corrected chi connectivity index (χ1v) is 8.65. The second-order valence-corrected chi connectivity index (χ2v) is 6.41. The van der Waals surface area contributed by atoms with Crippen LogP contribution in [-0.4, -0.2) is 35.1 Å². The molecule has 0 amide bonds. The predicted molar refractivity (Wildman–Crippen MR) is 101 cm³/mol. The summed E-state index contributed by atoms with van der Waals surface area (Å²) in [7, 11) is 4.14. The fraction of sp³-hybridized carbons (Fsp3) is 0.286. The maximum atomic E-state index is 13.3. The predicted octanol–water partition coefficient (Wildman–Crippen LogP) is 4.48. The van der Waals surface area contributed by atoms with Gasteiger partial charge in [0.1, 0.15) is 11.6 Å². The lowest BCUT2D eigenvalue weighted by molar-refractivity contribution is 0.382. The number of imidazole rings is 1. The van der Waals surface area contributed by atoms with Gasteiger partial charge in [-0.05, 0) is 44.8 Å². The average molecular weight is 337 g/mol. The van der Waals surface area contributed by atoms with Crippen LogP contribution in [0.2, 0.25) is 0 Å². The van der Waals surface area contributed by atoms with Crippen molar-refractivity contribution in [2.45, 2.75) is 19.9 Å². The van der Waals surface area contributed by atoms with Gasteiger partial charge in [0.25, 0.3) is 0 Å². The van der Waals surface area contributed by atoms with Crippen LogP contribution < -0.4 is 0 Å². The molecule has 4 heteroatoms. The molecule has 3 aromatic rings. The zero-order valence-corrected chi connectivity index (χ0v) is 15.0. The highest BCUT2D eigenvalue weighted by Gasteiger charge is 2.18. The van der Waals surface area contributed by atoms with Crippen molar-refractivity contribution in [3.8, 4) is 22.6 Å². The number of likely N-dealkylation sites (N-methyl/N-ethyl adjacent to an activating group) is 1. The van der Waals surface area contributed by atoms with E-state index in [2.05, 4.69) is 42.6 Å². The van der Waals surface area contributed by atoms with Crippen LogP contribution in [0.4, 0.5) is 4.39 Å². The summed E-state index contributed by atoms with van der Waals surface area (Å²) < 4.78 is 15.6. The molecule has 3 nitrogen and oxygen atoms in total. The lowest BCUT2D eigenvalue weighted by Crippen LogP contribution is -2.20. The molecule has 0 radical (unpaired) electrons. The summed E-state index contributed by atoms with van der Waals surface area (Å²) >= 11 is 0. The molecule has 1 aromatic heterocycles. The smallest absolute Gasteiger partial charge is 0.140 e. The first-order valence-electron chi connectivity index (χ1n) is 8.65. The van der Waals surface area contributed by atoms with Gasteiger partial charge in [0.05, 0.1) is 5.69 Å². The molecule has 0 saturated carbocycles. The number of hydrogen-bond acceptors (Lipinski definition) is 2. The highest BCUT2D eigenvalue weighted by molar-refractivity contribution is 5.68. The van der Waals surface area contributed by atoms with Crippen LogP contribution in [0.15, 0.2) is 54.6 Å². The molecule has 0 aliphatic carbocycles. The number of halogens is 1. The highest BCUT2D eigenvalue weighted by Crippen LogP contribution is 2.30. The van der Waals surface area contributed by atoms with E-state index < -0.39 is 0 Å². The Hall–Kier alpha value is -2.46. The molecule has 2 aromatic carbocycles. The van der Waals surface area contributed by atoms with E-state index >= 15 is 0 Å². The van der Waals surface area contributed by atoms with Crippen LogP contribution in [-0.2, 0) is 13.0 Å². The second-order valence-electron chi connectivity index (χ2n) is 6.41. The number of aromatic nitrogens is 2. The molecule has 0 bridgehead atoms. The minimum Gasteiger partial charge on any atom is -0.326 e. The summed E-state index contributed by atoms with van der Waals surface area (Å²) in [6.45, 7) is 3.93. The third-order valence-electron chi connectivity index (χ3n) is 4.33. The van der Waals surface area contributed by atoms with Gasteiger partial charge in [-0.1, -0.05) is 37.3 Å². The van der Waals surface area contributed by atoms with E-state index in [1.807, 2.05) is 18.2 Å². The third-order valence-corrected chi connectivity index (χ3v) is 4.33. The number of nitrogens with zero attached hydrogens (tertiary/aromatic N) is 3. The quantitative estimate of drug-likeness (QED) is 0.661. The molecule has 1 heterocycles. The Morgan fingerprint density at radius 1 is 0.960 bits per heavy atom. The van der Waals surface area contributed by atoms with E-state index in [-0.39, 0.29) is 5.82 Å². The fourth-order valence-electron chi connectivity index (χ4n) is 3.03. The van der Waals surface area contributed by atoms with Gasteiger partial charge in [0.15, 0.2) is 0 Å². The zero-order chi connectivity index (χ0) is 17.8. The Bertz CT molecular complexity index is 820. The van der Waals surface area contributed by atoms with Gasteiger partial charge < -0.3 is 9.47 Å². The SMILES string of the molecule is CCc1c(-c2ccccc2)nc(-c2ccc(F)cc2)n1CCN(C)C. The normalized spacial score (nSPS) is 11.2. The van der Waals surface area contributed by atoms with Gasteiger partial charge in [-0.15, -0.1) is 0 Å². The molecule has 0 unspecified atom stereocenters. The zero-order valence-electron chi connectivity index (χ0n) is 15.0. The Labute approximate surface area is 148 Å². The minimum absolute atomic E-state index is 0.228. The van der Waals surface area contributed by atoms with Gasteiger partial charge in [-0.2, -0.15) is 0 Å². The molecule has 0 spiro atoms. The van der Waals surface area contributed by atoms with Crippen molar-refractivity contribution < 1.29 is 4.39 Å².